The predicted molar refractivity (Wildman–Crippen MR) is 57.8 cm³/mol. The van der Waals surface area contributed by atoms with Gasteiger partial charge < -0.3 is 10.1 Å². The van der Waals surface area contributed by atoms with E-state index in [0.717, 1.165) is 24.8 Å². The Hall–Kier alpha value is -0.570. The third kappa shape index (κ3) is 2.08. The first kappa shape index (κ1) is 9.97. The van der Waals surface area contributed by atoms with Crippen LogP contribution in [0.15, 0.2) is 18.2 Å². The van der Waals surface area contributed by atoms with Crippen molar-refractivity contribution in [2.45, 2.75) is 13.0 Å². The van der Waals surface area contributed by atoms with Crippen LogP contribution in [-0.2, 0) is 4.74 Å². The highest BCUT2D eigenvalue weighted by molar-refractivity contribution is 6.30. The van der Waals surface area contributed by atoms with E-state index in [2.05, 4.69) is 18.3 Å². The molecule has 0 spiro atoms. The Balaban J connectivity index is 2.22. The van der Waals surface area contributed by atoms with Crippen LogP contribution < -0.4 is 5.32 Å². The molecule has 1 aromatic rings. The molecule has 1 aromatic carbocycles. The normalized spacial score (nSPS) is 22.3. The summed E-state index contributed by atoms with van der Waals surface area (Å²) in [6.45, 7) is 4.57. The lowest BCUT2D eigenvalue weighted by Gasteiger charge is -2.25. The topological polar surface area (TPSA) is 21.3 Å². The number of morpholine rings is 1. The molecular formula is C11H14ClNO. The Morgan fingerprint density at radius 1 is 1.50 bits per heavy atom. The molecule has 1 aliphatic heterocycles. The summed E-state index contributed by atoms with van der Waals surface area (Å²) in [5, 5.41) is 4.22. The standard InChI is InChI=1S/C11H14ClNO/c1-8-6-9(12)2-3-10(8)11-7-14-5-4-13-11/h2-3,6,11,13H,4-5,7H2,1H3/t11-/m0/s1. The largest absolute Gasteiger partial charge is 0.378 e. The number of ether oxygens (including phenoxy) is 1. The number of halogens is 1. The molecular weight excluding hydrogens is 198 g/mol. The maximum atomic E-state index is 5.90. The van der Waals surface area contributed by atoms with Crippen molar-refractivity contribution in [2.24, 2.45) is 0 Å². The molecule has 0 saturated carbocycles. The third-order valence-corrected chi connectivity index (χ3v) is 2.76. The zero-order valence-corrected chi connectivity index (χ0v) is 8.97. The highest BCUT2D eigenvalue weighted by Gasteiger charge is 2.16. The van der Waals surface area contributed by atoms with E-state index in [1.54, 1.807) is 0 Å². The number of hydrogen-bond acceptors (Lipinski definition) is 2. The van der Waals surface area contributed by atoms with Crippen molar-refractivity contribution in [3.8, 4) is 0 Å². The Bertz CT molecular complexity index is 321. The van der Waals surface area contributed by atoms with E-state index in [0.29, 0.717) is 6.04 Å². The van der Waals surface area contributed by atoms with Crippen molar-refractivity contribution < 1.29 is 4.74 Å². The maximum Gasteiger partial charge on any atom is 0.0662 e. The van der Waals surface area contributed by atoms with Gasteiger partial charge in [0.25, 0.3) is 0 Å². The van der Waals surface area contributed by atoms with Crippen molar-refractivity contribution in [3.05, 3.63) is 34.3 Å². The minimum absolute atomic E-state index is 0.320. The molecule has 0 unspecified atom stereocenters. The molecule has 0 aliphatic carbocycles. The van der Waals surface area contributed by atoms with Gasteiger partial charge in [0.1, 0.15) is 0 Å². The number of hydrogen-bond donors (Lipinski definition) is 1. The van der Waals surface area contributed by atoms with Gasteiger partial charge in [-0.05, 0) is 30.2 Å². The van der Waals surface area contributed by atoms with Gasteiger partial charge in [-0.3, -0.25) is 0 Å². The Morgan fingerprint density at radius 2 is 2.36 bits per heavy atom. The minimum Gasteiger partial charge on any atom is -0.378 e. The first-order valence-corrected chi connectivity index (χ1v) is 5.22. The SMILES string of the molecule is Cc1cc(Cl)ccc1[C@@H]1COCCN1. The minimum atomic E-state index is 0.320. The average Bonchev–Trinajstić information content (AvgIpc) is 2.19. The monoisotopic (exact) mass is 211 g/mol. The lowest BCUT2D eigenvalue weighted by Crippen LogP contribution is -2.34. The van der Waals surface area contributed by atoms with Gasteiger partial charge in [-0.25, -0.2) is 0 Å². The van der Waals surface area contributed by atoms with Crippen LogP contribution in [0.2, 0.25) is 5.02 Å². The highest BCUT2D eigenvalue weighted by Crippen LogP contribution is 2.22. The van der Waals surface area contributed by atoms with Crippen LogP contribution in [0.25, 0.3) is 0 Å². The quantitative estimate of drug-likeness (QED) is 0.770. The summed E-state index contributed by atoms with van der Waals surface area (Å²) in [4.78, 5) is 0. The molecule has 2 rings (SSSR count). The van der Waals surface area contributed by atoms with E-state index in [-0.39, 0.29) is 0 Å². The third-order valence-electron chi connectivity index (χ3n) is 2.53. The van der Waals surface area contributed by atoms with Crippen molar-refractivity contribution in [1.82, 2.24) is 5.32 Å². The average molecular weight is 212 g/mol. The molecule has 1 atom stereocenters. The van der Waals surface area contributed by atoms with E-state index in [9.17, 15) is 0 Å². The van der Waals surface area contributed by atoms with Gasteiger partial charge >= 0.3 is 0 Å². The van der Waals surface area contributed by atoms with Crippen LogP contribution in [-0.4, -0.2) is 19.8 Å². The van der Waals surface area contributed by atoms with Gasteiger partial charge in [-0.2, -0.15) is 0 Å². The fourth-order valence-corrected chi connectivity index (χ4v) is 2.02. The second-order valence-corrected chi connectivity index (χ2v) is 4.02. The highest BCUT2D eigenvalue weighted by atomic mass is 35.5. The summed E-state index contributed by atoms with van der Waals surface area (Å²) < 4.78 is 5.43. The van der Waals surface area contributed by atoms with E-state index >= 15 is 0 Å². The van der Waals surface area contributed by atoms with E-state index in [1.165, 1.54) is 11.1 Å². The van der Waals surface area contributed by atoms with Crippen molar-refractivity contribution in [3.63, 3.8) is 0 Å². The molecule has 0 aromatic heterocycles. The molecule has 1 aliphatic rings. The van der Waals surface area contributed by atoms with Crippen LogP contribution in [0.3, 0.4) is 0 Å². The Labute approximate surface area is 89.2 Å². The number of nitrogens with one attached hydrogen (secondary N) is 1. The van der Waals surface area contributed by atoms with Gasteiger partial charge in [0.15, 0.2) is 0 Å². The molecule has 14 heavy (non-hydrogen) atoms. The molecule has 0 radical (unpaired) electrons. The second-order valence-electron chi connectivity index (χ2n) is 3.58. The van der Waals surface area contributed by atoms with Gasteiger partial charge in [-0.15, -0.1) is 0 Å². The molecule has 1 N–H and O–H groups in total. The molecule has 2 nitrogen and oxygen atoms in total. The molecule has 0 bridgehead atoms. The van der Waals surface area contributed by atoms with E-state index in [4.69, 9.17) is 16.3 Å². The van der Waals surface area contributed by atoms with Crippen LogP contribution in [0.5, 0.6) is 0 Å². The van der Waals surface area contributed by atoms with Gasteiger partial charge in [-0.1, -0.05) is 17.7 Å². The summed E-state index contributed by atoms with van der Waals surface area (Å²) in [6.07, 6.45) is 0. The van der Waals surface area contributed by atoms with E-state index < -0.39 is 0 Å². The summed E-state index contributed by atoms with van der Waals surface area (Å²) >= 11 is 5.90. The number of aryl methyl sites for hydroxylation is 1. The fourth-order valence-electron chi connectivity index (χ4n) is 1.80. The van der Waals surface area contributed by atoms with Crippen molar-refractivity contribution in [1.29, 1.82) is 0 Å². The molecule has 3 heteroatoms. The smallest absolute Gasteiger partial charge is 0.0662 e. The Morgan fingerprint density at radius 3 is 3.00 bits per heavy atom. The van der Waals surface area contributed by atoms with Crippen LogP contribution in [0.4, 0.5) is 0 Å². The number of rotatable bonds is 1. The molecule has 1 fully saturated rings. The molecule has 76 valence electrons. The second kappa shape index (κ2) is 4.30. The summed E-state index contributed by atoms with van der Waals surface area (Å²) in [5.41, 5.74) is 2.51. The maximum absolute atomic E-state index is 5.90. The zero-order valence-electron chi connectivity index (χ0n) is 8.22. The summed E-state index contributed by atoms with van der Waals surface area (Å²) in [7, 11) is 0. The predicted octanol–water partition coefficient (Wildman–Crippen LogP) is 2.31. The summed E-state index contributed by atoms with van der Waals surface area (Å²) in [5.74, 6) is 0. The van der Waals surface area contributed by atoms with Gasteiger partial charge in [0.2, 0.25) is 0 Å². The molecule has 1 saturated heterocycles. The molecule has 1 heterocycles. The fraction of sp³-hybridized carbons (Fsp3) is 0.455. The Kier molecular flexibility index (Phi) is 3.06. The van der Waals surface area contributed by atoms with Gasteiger partial charge in [0.05, 0.1) is 19.3 Å². The van der Waals surface area contributed by atoms with Gasteiger partial charge in [0, 0.05) is 11.6 Å². The van der Waals surface area contributed by atoms with Crippen LogP contribution in [0, 0.1) is 6.92 Å². The zero-order chi connectivity index (χ0) is 9.97. The van der Waals surface area contributed by atoms with E-state index in [1.807, 2.05) is 12.1 Å². The number of benzene rings is 1. The van der Waals surface area contributed by atoms with Crippen LogP contribution in [0.1, 0.15) is 17.2 Å². The van der Waals surface area contributed by atoms with Crippen LogP contribution >= 0.6 is 11.6 Å². The lowest BCUT2D eigenvalue weighted by molar-refractivity contribution is 0.0767. The van der Waals surface area contributed by atoms with Crippen molar-refractivity contribution in [2.75, 3.05) is 19.8 Å². The lowest BCUT2D eigenvalue weighted by atomic mass is 10.0. The summed E-state index contributed by atoms with van der Waals surface area (Å²) in [6, 6.07) is 6.32. The van der Waals surface area contributed by atoms with Crippen molar-refractivity contribution >= 4 is 11.6 Å². The first-order valence-electron chi connectivity index (χ1n) is 4.84. The first-order chi connectivity index (χ1) is 6.77. The molecule has 0 amide bonds.